The Bertz CT molecular complexity index is 3060. The minimum Gasteiger partial charge on any atom is -0.455 e. The van der Waals surface area contributed by atoms with Crippen LogP contribution < -0.4 is 4.90 Å². The van der Waals surface area contributed by atoms with E-state index in [1.807, 2.05) is 12.1 Å². The molecule has 3 heteroatoms. The maximum atomic E-state index is 7.11. The van der Waals surface area contributed by atoms with Crippen LogP contribution in [0.3, 0.4) is 0 Å². The summed E-state index contributed by atoms with van der Waals surface area (Å²) < 4.78 is 13.5. The predicted molar refractivity (Wildman–Crippen MR) is 224 cm³/mol. The second kappa shape index (κ2) is 11.6. The molecule has 0 saturated carbocycles. The largest absolute Gasteiger partial charge is 0.455 e. The molecule has 3 nitrogen and oxygen atoms in total. The SMILES string of the molecule is CC1(C)c2ccccc2-c2c1ccc1c2oc2c(N(c3ccc(-c4ccccc4)cc3)c3ccc(-c4cccc5c4oc4ccccc45)cc3)cccc21. The van der Waals surface area contributed by atoms with Crippen LogP contribution in [0.2, 0.25) is 0 Å². The Morgan fingerprint density at radius 3 is 1.78 bits per heavy atom. The van der Waals surface area contributed by atoms with E-state index in [0.29, 0.717) is 0 Å². The molecule has 1 aliphatic carbocycles. The van der Waals surface area contributed by atoms with Gasteiger partial charge in [0, 0.05) is 49.5 Å². The third kappa shape index (κ3) is 4.48. The van der Waals surface area contributed by atoms with E-state index in [-0.39, 0.29) is 5.41 Å². The van der Waals surface area contributed by atoms with Gasteiger partial charge in [-0.05, 0) is 69.8 Å². The van der Waals surface area contributed by atoms with Crippen LogP contribution in [0.15, 0.2) is 185 Å². The van der Waals surface area contributed by atoms with Crippen LogP contribution in [0, 0.1) is 0 Å². The zero-order chi connectivity index (χ0) is 36.0. The number of benzene rings is 8. The van der Waals surface area contributed by atoms with E-state index in [9.17, 15) is 0 Å². The van der Waals surface area contributed by atoms with Crippen LogP contribution in [0.1, 0.15) is 25.0 Å². The first-order chi connectivity index (χ1) is 26.5. The topological polar surface area (TPSA) is 29.5 Å². The Kier molecular flexibility index (Phi) is 6.60. The normalized spacial score (nSPS) is 13.1. The summed E-state index contributed by atoms with van der Waals surface area (Å²) in [6.07, 6.45) is 0. The van der Waals surface area contributed by atoms with Crippen LogP contribution >= 0.6 is 0 Å². The van der Waals surface area contributed by atoms with Crippen molar-refractivity contribution in [3.63, 3.8) is 0 Å². The lowest BCUT2D eigenvalue weighted by molar-refractivity contribution is 0.653. The Hall–Kier alpha value is -6.84. The van der Waals surface area contributed by atoms with Crippen LogP contribution in [0.5, 0.6) is 0 Å². The number of para-hydroxylation sites is 3. The van der Waals surface area contributed by atoms with E-state index >= 15 is 0 Å². The van der Waals surface area contributed by atoms with Crippen LogP contribution in [0.25, 0.3) is 77.3 Å². The summed E-state index contributed by atoms with van der Waals surface area (Å²) in [4.78, 5) is 2.32. The van der Waals surface area contributed by atoms with Crippen molar-refractivity contribution in [1.82, 2.24) is 0 Å². The molecule has 0 atom stereocenters. The Morgan fingerprint density at radius 2 is 0.981 bits per heavy atom. The van der Waals surface area contributed by atoms with E-state index in [4.69, 9.17) is 8.83 Å². The molecule has 0 bridgehead atoms. The lowest BCUT2D eigenvalue weighted by Crippen LogP contribution is -2.14. The van der Waals surface area contributed by atoms with Gasteiger partial charge < -0.3 is 13.7 Å². The molecule has 2 aromatic heterocycles. The van der Waals surface area contributed by atoms with E-state index in [1.165, 1.54) is 33.4 Å². The highest BCUT2D eigenvalue weighted by molar-refractivity contribution is 6.15. The molecule has 1 aliphatic rings. The van der Waals surface area contributed by atoms with Crippen LogP contribution in [-0.4, -0.2) is 0 Å². The van der Waals surface area contributed by atoms with Gasteiger partial charge >= 0.3 is 0 Å². The summed E-state index contributed by atoms with van der Waals surface area (Å²) in [5.74, 6) is 0. The first kappa shape index (κ1) is 30.8. The fourth-order valence-corrected chi connectivity index (χ4v) is 8.83. The molecular formula is C51H35NO2. The molecule has 2 heterocycles. The van der Waals surface area contributed by atoms with Gasteiger partial charge in [0.2, 0.25) is 0 Å². The number of furan rings is 2. The molecule has 8 aromatic carbocycles. The van der Waals surface area contributed by atoms with Gasteiger partial charge in [-0.1, -0.05) is 153 Å². The van der Waals surface area contributed by atoms with Crippen LogP contribution in [-0.2, 0) is 5.41 Å². The Labute approximate surface area is 313 Å². The lowest BCUT2D eigenvalue weighted by Gasteiger charge is -2.26. The van der Waals surface area contributed by atoms with E-state index in [1.54, 1.807) is 0 Å². The second-order valence-corrected chi connectivity index (χ2v) is 14.9. The summed E-state index contributed by atoms with van der Waals surface area (Å²) in [6.45, 7) is 4.63. The van der Waals surface area contributed by atoms with Gasteiger partial charge in [-0.25, -0.2) is 0 Å². The maximum absolute atomic E-state index is 7.11. The van der Waals surface area contributed by atoms with Crippen molar-refractivity contribution in [2.45, 2.75) is 19.3 Å². The third-order valence-electron chi connectivity index (χ3n) is 11.5. The van der Waals surface area contributed by atoms with Crippen LogP contribution in [0.4, 0.5) is 17.1 Å². The second-order valence-electron chi connectivity index (χ2n) is 14.9. The highest BCUT2D eigenvalue weighted by Crippen LogP contribution is 2.53. The molecule has 10 aromatic rings. The van der Waals surface area contributed by atoms with E-state index in [0.717, 1.165) is 72.1 Å². The highest BCUT2D eigenvalue weighted by Gasteiger charge is 2.37. The summed E-state index contributed by atoms with van der Waals surface area (Å²) in [6, 6.07) is 62.7. The van der Waals surface area contributed by atoms with Crippen molar-refractivity contribution in [1.29, 1.82) is 0 Å². The van der Waals surface area contributed by atoms with Gasteiger partial charge in [0.05, 0.1) is 5.69 Å². The molecule has 54 heavy (non-hydrogen) atoms. The summed E-state index contributed by atoms with van der Waals surface area (Å²) in [5.41, 5.74) is 16.2. The Balaban J connectivity index is 1.09. The van der Waals surface area contributed by atoms with Gasteiger partial charge in [0.25, 0.3) is 0 Å². The minimum absolute atomic E-state index is 0.108. The number of fused-ring (bicyclic) bond motifs is 10. The average Bonchev–Trinajstić information content (AvgIpc) is 3.87. The predicted octanol–water partition coefficient (Wildman–Crippen LogP) is 14.6. The van der Waals surface area contributed by atoms with Gasteiger partial charge in [-0.2, -0.15) is 0 Å². The molecule has 0 unspecified atom stereocenters. The van der Waals surface area contributed by atoms with Gasteiger partial charge in [-0.15, -0.1) is 0 Å². The molecule has 11 rings (SSSR count). The maximum Gasteiger partial charge on any atom is 0.159 e. The molecule has 0 amide bonds. The lowest BCUT2D eigenvalue weighted by atomic mass is 9.82. The standard InChI is InChI=1S/C51H35NO2/c1-51(2)43-19-8-6-15-42(43)47-44(51)31-30-41-40-18-11-20-45(49(40)54-50(41)47)52(35-26-22-33(23-27-35)32-12-4-3-5-13-32)36-28-24-34(25-29-36)37-16-10-17-39-38-14-7-9-21-46(38)53-48(37)39/h3-31H,1-2H3. The molecule has 256 valence electrons. The Morgan fingerprint density at radius 1 is 0.389 bits per heavy atom. The van der Waals surface area contributed by atoms with Crippen molar-refractivity contribution in [3.8, 4) is 33.4 Å². The first-order valence-corrected chi connectivity index (χ1v) is 18.6. The number of rotatable bonds is 5. The third-order valence-corrected chi connectivity index (χ3v) is 11.5. The van der Waals surface area contributed by atoms with E-state index in [2.05, 4.69) is 183 Å². The number of hydrogen-bond donors (Lipinski definition) is 0. The average molecular weight is 694 g/mol. The number of hydrogen-bond acceptors (Lipinski definition) is 3. The highest BCUT2D eigenvalue weighted by atomic mass is 16.3. The quantitative estimate of drug-likeness (QED) is 0.180. The minimum atomic E-state index is -0.108. The summed E-state index contributed by atoms with van der Waals surface area (Å²) in [7, 11) is 0. The fraction of sp³-hybridized carbons (Fsp3) is 0.0588. The smallest absolute Gasteiger partial charge is 0.159 e. The van der Waals surface area contributed by atoms with E-state index < -0.39 is 0 Å². The number of anilines is 3. The zero-order valence-corrected chi connectivity index (χ0v) is 30.0. The molecule has 0 saturated heterocycles. The fourth-order valence-electron chi connectivity index (χ4n) is 8.83. The number of nitrogens with zero attached hydrogens (tertiary/aromatic N) is 1. The van der Waals surface area contributed by atoms with Gasteiger partial charge in [0.15, 0.2) is 5.58 Å². The van der Waals surface area contributed by atoms with Crippen molar-refractivity contribution in [2.75, 3.05) is 4.90 Å². The first-order valence-electron chi connectivity index (χ1n) is 18.6. The van der Waals surface area contributed by atoms with Gasteiger partial charge in [0.1, 0.15) is 16.7 Å². The summed E-state index contributed by atoms with van der Waals surface area (Å²) >= 11 is 0. The molecular weight excluding hydrogens is 659 g/mol. The molecule has 0 N–H and O–H groups in total. The zero-order valence-electron chi connectivity index (χ0n) is 30.0. The summed E-state index contributed by atoms with van der Waals surface area (Å²) in [5, 5.41) is 4.49. The van der Waals surface area contributed by atoms with Crippen molar-refractivity contribution in [3.05, 3.63) is 187 Å². The van der Waals surface area contributed by atoms with Crippen molar-refractivity contribution < 1.29 is 8.83 Å². The van der Waals surface area contributed by atoms with Crippen molar-refractivity contribution in [2.24, 2.45) is 0 Å². The monoisotopic (exact) mass is 693 g/mol. The van der Waals surface area contributed by atoms with Crippen molar-refractivity contribution >= 4 is 60.9 Å². The molecule has 0 spiro atoms. The molecule has 0 fully saturated rings. The molecule has 0 aliphatic heterocycles. The van der Waals surface area contributed by atoms with Gasteiger partial charge in [-0.3, -0.25) is 0 Å². The molecule has 0 radical (unpaired) electrons.